The number of hydrogen-bond donors (Lipinski definition) is 1. The topological polar surface area (TPSA) is 52.7 Å². The lowest BCUT2D eigenvalue weighted by Crippen LogP contribution is -2.52. The number of benzene rings is 1. The average molecular weight is 408 g/mol. The number of likely N-dealkylation sites (N-methyl/N-ethyl adjacent to an activating group) is 1. The van der Waals surface area contributed by atoms with Crippen molar-refractivity contribution in [3.63, 3.8) is 0 Å². The van der Waals surface area contributed by atoms with Crippen molar-refractivity contribution in [2.24, 2.45) is 5.92 Å². The summed E-state index contributed by atoms with van der Waals surface area (Å²) in [6.07, 6.45) is 5.80. The van der Waals surface area contributed by atoms with Gasteiger partial charge >= 0.3 is 0 Å². The number of nitrogens with one attached hydrogen (secondary N) is 1. The molecule has 154 valence electrons. The molecule has 1 heterocycles. The largest absolute Gasteiger partial charge is 0.353 e. The van der Waals surface area contributed by atoms with E-state index in [1.807, 2.05) is 19.0 Å². The fraction of sp³-hybridized carbons (Fsp3) is 0.619. The number of hydrogen-bond acceptors (Lipinski definition) is 4. The zero-order valence-corrected chi connectivity index (χ0v) is 17.5. The predicted molar refractivity (Wildman–Crippen MR) is 111 cm³/mol. The summed E-state index contributed by atoms with van der Waals surface area (Å²) in [5.74, 6) is 0.398. The first kappa shape index (κ1) is 21.1. The van der Waals surface area contributed by atoms with Crippen LogP contribution in [-0.2, 0) is 4.79 Å². The summed E-state index contributed by atoms with van der Waals surface area (Å²) >= 11 is 1.72. The van der Waals surface area contributed by atoms with Gasteiger partial charge in [-0.15, -0.1) is 11.8 Å². The molecule has 0 aromatic heterocycles. The fourth-order valence-corrected chi connectivity index (χ4v) is 5.67. The quantitative estimate of drug-likeness (QED) is 0.788. The van der Waals surface area contributed by atoms with E-state index in [1.165, 1.54) is 43.5 Å². The maximum absolute atomic E-state index is 13.3. The van der Waals surface area contributed by atoms with Gasteiger partial charge < -0.3 is 15.1 Å². The van der Waals surface area contributed by atoms with Crippen LogP contribution in [0.15, 0.2) is 24.3 Å². The van der Waals surface area contributed by atoms with E-state index in [9.17, 15) is 14.0 Å². The van der Waals surface area contributed by atoms with Gasteiger partial charge in [0.2, 0.25) is 5.91 Å². The van der Waals surface area contributed by atoms with Crippen LogP contribution in [0.4, 0.5) is 4.39 Å². The van der Waals surface area contributed by atoms with E-state index < -0.39 is 6.04 Å². The normalized spacial score (nSPS) is 23.2. The summed E-state index contributed by atoms with van der Waals surface area (Å²) in [5, 5.41) is 2.99. The molecule has 5 nitrogen and oxygen atoms in total. The summed E-state index contributed by atoms with van der Waals surface area (Å²) in [6, 6.07) is 5.16. The highest BCUT2D eigenvalue weighted by Crippen LogP contribution is 2.41. The number of nitrogens with zero attached hydrogens (tertiary/aromatic N) is 2. The molecule has 1 aromatic rings. The van der Waals surface area contributed by atoms with Gasteiger partial charge in [0, 0.05) is 24.4 Å². The Labute approximate surface area is 171 Å². The third kappa shape index (κ3) is 5.06. The van der Waals surface area contributed by atoms with Gasteiger partial charge in [-0.3, -0.25) is 9.59 Å². The lowest BCUT2D eigenvalue weighted by Gasteiger charge is -2.35. The molecule has 3 rings (SSSR count). The van der Waals surface area contributed by atoms with Gasteiger partial charge in [0.15, 0.2) is 0 Å². The Hall–Kier alpha value is -1.60. The molecule has 2 amide bonds. The fourth-order valence-electron chi connectivity index (χ4n) is 4.03. The Bertz CT molecular complexity index is 677. The average Bonchev–Trinajstić information content (AvgIpc) is 3.13. The summed E-state index contributed by atoms with van der Waals surface area (Å²) in [7, 11) is 3.92. The molecule has 0 radical (unpaired) electrons. The Morgan fingerprint density at radius 3 is 2.50 bits per heavy atom. The number of carbonyl (C=O) groups is 2. The van der Waals surface area contributed by atoms with Crippen molar-refractivity contribution in [1.82, 2.24) is 15.1 Å². The molecule has 2 atom stereocenters. The second kappa shape index (κ2) is 9.74. The van der Waals surface area contributed by atoms with E-state index in [0.717, 1.165) is 19.4 Å². The van der Waals surface area contributed by atoms with E-state index in [2.05, 4.69) is 5.32 Å². The Kier molecular flexibility index (Phi) is 7.35. The van der Waals surface area contributed by atoms with Crippen molar-refractivity contribution in [3.05, 3.63) is 35.6 Å². The molecule has 2 aliphatic rings. The molecule has 1 aliphatic heterocycles. The molecule has 1 saturated carbocycles. The minimum absolute atomic E-state index is 0.0162. The number of rotatable bonds is 6. The second-order valence-electron chi connectivity index (χ2n) is 7.95. The summed E-state index contributed by atoms with van der Waals surface area (Å²) in [4.78, 5) is 30.0. The van der Waals surface area contributed by atoms with Gasteiger partial charge in [0.25, 0.3) is 5.91 Å². The molecule has 2 fully saturated rings. The van der Waals surface area contributed by atoms with Crippen LogP contribution in [-0.4, -0.2) is 66.0 Å². The Morgan fingerprint density at radius 2 is 1.86 bits per heavy atom. The van der Waals surface area contributed by atoms with Crippen LogP contribution in [0, 0.1) is 11.7 Å². The van der Waals surface area contributed by atoms with Crippen LogP contribution in [0.3, 0.4) is 0 Å². The van der Waals surface area contributed by atoms with Crippen molar-refractivity contribution in [2.45, 2.75) is 43.5 Å². The highest BCUT2D eigenvalue weighted by molar-refractivity contribution is 8.00. The summed E-state index contributed by atoms with van der Waals surface area (Å²) in [6.45, 7) is 1.31. The van der Waals surface area contributed by atoms with Crippen molar-refractivity contribution in [1.29, 1.82) is 0 Å². The van der Waals surface area contributed by atoms with Crippen LogP contribution in [0.1, 0.15) is 42.5 Å². The molecule has 1 aromatic carbocycles. The molecule has 1 saturated heterocycles. The smallest absolute Gasteiger partial charge is 0.255 e. The minimum atomic E-state index is -0.475. The lowest BCUT2D eigenvalue weighted by molar-refractivity contribution is -0.125. The van der Waals surface area contributed by atoms with Gasteiger partial charge in [0.1, 0.15) is 11.9 Å². The van der Waals surface area contributed by atoms with E-state index in [-0.39, 0.29) is 23.0 Å². The first-order valence-corrected chi connectivity index (χ1v) is 11.1. The molecule has 0 spiro atoms. The zero-order chi connectivity index (χ0) is 20.1. The predicted octanol–water partition coefficient (Wildman–Crippen LogP) is 2.97. The van der Waals surface area contributed by atoms with Gasteiger partial charge in [-0.25, -0.2) is 4.39 Å². The number of amides is 2. The SMILES string of the molecule is CN(C)CCNC(=O)[C@@H]1CS[C@@H](C2CCCCC2)N1C(=O)c1ccc(F)cc1. The van der Waals surface area contributed by atoms with E-state index in [4.69, 9.17) is 0 Å². The second-order valence-corrected chi connectivity index (χ2v) is 9.10. The zero-order valence-electron chi connectivity index (χ0n) is 16.7. The highest BCUT2D eigenvalue weighted by atomic mass is 32.2. The van der Waals surface area contributed by atoms with Crippen molar-refractivity contribution in [3.8, 4) is 0 Å². The van der Waals surface area contributed by atoms with Crippen molar-refractivity contribution < 1.29 is 14.0 Å². The molecule has 0 unspecified atom stereocenters. The van der Waals surface area contributed by atoms with Crippen LogP contribution in [0.25, 0.3) is 0 Å². The van der Waals surface area contributed by atoms with Crippen LogP contribution in [0.5, 0.6) is 0 Å². The molecule has 28 heavy (non-hydrogen) atoms. The molecule has 0 bridgehead atoms. The van der Waals surface area contributed by atoms with E-state index in [0.29, 0.717) is 23.8 Å². The summed E-state index contributed by atoms with van der Waals surface area (Å²) in [5.41, 5.74) is 0.441. The lowest BCUT2D eigenvalue weighted by atomic mass is 9.88. The number of halogens is 1. The monoisotopic (exact) mass is 407 g/mol. The number of carbonyl (C=O) groups excluding carboxylic acids is 2. The minimum Gasteiger partial charge on any atom is -0.353 e. The maximum atomic E-state index is 13.3. The van der Waals surface area contributed by atoms with Crippen LogP contribution >= 0.6 is 11.8 Å². The van der Waals surface area contributed by atoms with Crippen molar-refractivity contribution >= 4 is 23.6 Å². The molecule has 1 N–H and O–H groups in total. The van der Waals surface area contributed by atoms with Gasteiger partial charge in [-0.1, -0.05) is 19.3 Å². The Morgan fingerprint density at radius 1 is 1.18 bits per heavy atom. The van der Waals surface area contributed by atoms with E-state index in [1.54, 1.807) is 16.7 Å². The van der Waals surface area contributed by atoms with Crippen LogP contribution in [0.2, 0.25) is 0 Å². The van der Waals surface area contributed by atoms with E-state index >= 15 is 0 Å². The molecular formula is C21H30FN3O2S. The third-order valence-corrected chi connectivity index (χ3v) is 7.04. The van der Waals surface area contributed by atoms with Gasteiger partial charge in [0.05, 0.1) is 5.37 Å². The molecular weight excluding hydrogens is 377 g/mol. The first-order valence-electron chi connectivity index (χ1n) is 10.1. The molecule has 7 heteroatoms. The van der Waals surface area contributed by atoms with Gasteiger partial charge in [-0.2, -0.15) is 0 Å². The Balaban J connectivity index is 1.78. The standard InChI is InChI=1S/C21H30FN3O2S/c1-24(2)13-12-23-19(26)18-14-28-21(16-6-4-3-5-7-16)25(18)20(27)15-8-10-17(22)11-9-15/h8-11,16,18,21H,3-7,12-14H2,1-2H3,(H,23,26)/t18-,21-/m0/s1. The van der Waals surface area contributed by atoms with Gasteiger partial charge in [-0.05, 0) is 57.1 Å². The third-order valence-electron chi connectivity index (χ3n) is 5.57. The van der Waals surface area contributed by atoms with Crippen molar-refractivity contribution in [2.75, 3.05) is 32.9 Å². The first-order chi connectivity index (χ1) is 13.5. The highest BCUT2D eigenvalue weighted by Gasteiger charge is 2.45. The summed E-state index contributed by atoms with van der Waals surface area (Å²) < 4.78 is 13.3. The number of thioether (sulfide) groups is 1. The van der Waals surface area contributed by atoms with Crippen LogP contribution < -0.4 is 5.32 Å². The maximum Gasteiger partial charge on any atom is 0.255 e. The molecule has 1 aliphatic carbocycles.